The highest BCUT2D eigenvalue weighted by molar-refractivity contribution is 7.92. The quantitative estimate of drug-likeness (QED) is 0.307. The molecule has 0 saturated carbocycles. The summed E-state index contributed by atoms with van der Waals surface area (Å²) in [6, 6.07) is 14.6. The molecule has 3 rings (SSSR count). The Morgan fingerprint density at radius 3 is 2.17 bits per heavy atom. The number of nitrogens with one attached hydrogen (secondary N) is 3. The van der Waals surface area contributed by atoms with Gasteiger partial charge in [0, 0.05) is 25.5 Å². The molecule has 0 fully saturated rings. The van der Waals surface area contributed by atoms with Crippen molar-refractivity contribution in [2.24, 2.45) is 0 Å². The maximum absolute atomic E-state index is 12.6. The van der Waals surface area contributed by atoms with Crippen LogP contribution in [-0.4, -0.2) is 51.5 Å². The first kappa shape index (κ1) is 26.1. The van der Waals surface area contributed by atoms with Crippen LogP contribution in [-0.2, 0) is 14.8 Å². The summed E-state index contributed by atoms with van der Waals surface area (Å²) in [5.74, 6) is -0.840. The lowest BCUT2D eigenvalue weighted by atomic mass is 10.1. The maximum atomic E-state index is 12.6. The van der Waals surface area contributed by atoms with Crippen LogP contribution in [0, 0.1) is 6.92 Å². The molecule has 184 valence electrons. The number of nitrogens with zero attached hydrogens (tertiary/aromatic N) is 1. The van der Waals surface area contributed by atoms with Gasteiger partial charge in [-0.25, -0.2) is 13.2 Å². The van der Waals surface area contributed by atoms with Crippen molar-refractivity contribution in [2.75, 3.05) is 36.6 Å². The van der Waals surface area contributed by atoms with Crippen LogP contribution in [0.15, 0.2) is 59.5 Å². The summed E-state index contributed by atoms with van der Waals surface area (Å²) in [5.41, 5.74) is 1.70. The van der Waals surface area contributed by atoms with Crippen LogP contribution in [0.2, 0.25) is 0 Å². The van der Waals surface area contributed by atoms with Gasteiger partial charge in [-0.15, -0.1) is 11.3 Å². The lowest BCUT2D eigenvalue weighted by Crippen LogP contribution is -2.21. The zero-order chi connectivity index (χ0) is 25.8. The Hall–Kier alpha value is -3.48. The number of anilines is 3. The van der Waals surface area contributed by atoms with Gasteiger partial charge in [0.05, 0.1) is 22.4 Å². The number of sulfonamides is 1. The molecule has 9 nitrogen and oxygen atoms in total. The second-order valence-corrected chi connectivity index (χ2v) is 10.6. The van der Waals surface area contributed by atoms with Crippen LogP contribution < -0.4 is 15.4 Å². The largest absolute Gasteiger partial charge is 0.465 e. The first-order chi connectivity index (χ1) is 16.5. The minimum Gasteiger partial charge on any atom is -0.465 e. The number of thiophene rings is 1. The van der Waals surface area contributed by atoms with Gasteiger partial charge in [-0.1, -0.05) is 18.2 Å². The van der Waals surface area contributed by atoms with Gasteiger partial charge in [0.15, 0.2) is 5.11 Å². The smallest absolute Gasteiger partial charge is 0.341 e. The molecular formula is C23H24N4O5S3. The van der Waals surface area contributed by atoms with E-state index in [2.05, 4.69) is 15.4 Å². The molecule has 0 aliphatic heterocycles. The van der Waals surface area contributed by atoms with Gasteiger partial charge in [-0.05, 0) is 61.1 Å². The molecule has 3 aromatic rings. The zero-order valence-corrected chi connectivity index (χ0v) is 21.9. The van der Waals surface area contributed by atoms with Gasteiger partial charge in [0.2, 0.25) is 0 Å². The highest BCUT2D eigenvalue weighted by atomic mass is 32.2. The van der Waals surface area contributed by atoms with Crippen LogP contribution in [0.25, 0.3) is 0 Å². The molecule has 0 atom stereocenters. The average molecular weight is 533 g/mol. The van der Waals surface area contributed by atoms with Gasteiger partial charge in [0.25, 0.3) is 15.9 Å². The Morgan fingerprint density at radius 1 is 0.971 bits per heavy atom. The third-order valence-corrected chi connectivity index (χ3v) is 7.61. The first-order valence-electron chi connectivity index (χ1n) is 10.2. The summed E-state index contributed by atoms with van der Waals surface area (Å²) >= 11 is 6.46. The number of rotatable bonds is 7. The minimum atomic E-state index is -3.75. The fraction of sp³-hybridized carbons (Fsp3) is 0.174. The van der Waals surface area contributed by atoms with Crippen molar-refractivity contribution in [3.05, 3.63) is 70.6 Å². The lowest BCUT2D eigenvalue weighted by molar-refractivity contribution is 0.0601. The molecule has 0 unspecified atom stereocenters. The van der Waals surface area contributed by atoms with Crippen molar-refractivity contribution in [3.63, 3.8) is 0 Å². The Balaban J connectivity index is 1.76. The SMILES string of the molecule is COC(=O)c1c(NC(=S)Nc2ccc(S(=O)(=O)Nc3ccccc3)cc2)sc(C(=O)N(C)C)c1C. The summed E-state index contributed by atoms with van der Waals surface area (Å²) in [4.78, 5) is 26.7. The molecule has 0 saturated heterocycles. The summed E-state index contributed by atoms with van der Waals surface area (Å²) in [7, 11) is 0.751. The molecule has 3 N–H and O–H groups in total. The molecule has 0 bridgehead atoms. The monoisotopic (exact) mass is 532 g/mol. The molecule has 0 aliphatic carbocycles. The van der Waals surface area contributed by atoms with E-state index in [0.717, 1.165) is 11.3 Å². The molecular weight excluding hydrogens is 508 g/mol. The molecule has 1 heterocycles. The molecule has 1 amide bonds. The van der Waals surface area contributed by atoms with Crippen molar-refractivity contribution in [1.82, 2.24) is 4.90 Å². The van der Waals surface area contributed by atoms with E-state index in [4.69, 9.17) is 17.0 Å². The van der Waals surface area contributed by atoms with Gasteiger partial charge in [0.1, 0.15) is 5.00 Å². The van der Waals surface area contributed by atoms with E-state index in [0.29, 0.717) is 26.8 Å². The van der Waals surface area contributed by atoms with Crippen molar-refractivity contribution in [1.29, 1.82) is 0 Å². The molecule has 0 spiro atoms. The second kappa shape index (κ2) is 10.8. The number of thiocarbonyl (C=S) groups is 1. The Morgan fingerprint density at radius 2 is 1.60 bits per heavy atom. The third kappa shape index (κ3) is 6.15. The van der Waals surface area contributed by atoms with Crippen LogP contribution in [0.3, 0.4) is 0 Å². The standard InChI is InChI=1S/C23H24N4O5S3/c1-14-18(22(29)32-4)20(34-19(14)21(28)27(2)3)25-23(33)24-15-10-12-17(13-11-15)35(30,31)26-16-8-6-5-7-9-16/h5-13,26H,1-4H3,(H2,24,25,33). The first-order valence-corrected chi connectivity index (χ1v) is 12.9. The fourth-order valence-electron chi connectivity index (χ4n) is 3.06. The van der Waals surface area contributed by atoms with Gasteiger partial charge >= 0.3 is 5.97 Å². The predicted octanol–water partition coefficient (Wildman–Crippen LogP) is 4.15. The Labute approximate surface area is 213 Å². The fourth-order valence-corrected chi connectivity index (χ4v) is 5.62. The number of carbonyl (C=O) groups is 2. The van der Waals surface area contributed by atoms with Crippen LogP contribution in [0.4, 0.5) is 16.4 Å². The Kier molecular flexibility index (Phi) is 8.10. The van der Waals surface area contributed by atoms with Gasteiger partial charge < -0.3 is 20.3 Å². The maximum Gasteiger partial charge on any atom is 0.341 e. The molecule has 0 aliphatic rings. The molecule has 1 aromatic heterocycles. The van der Waals surface area contributed by atoms with Crippen LogP contribution >= 0.6 is 23.6 Å². The van der Waals surface area contributed by atoms with E-state index in [1.54, 1.807) is 63.5 Å². The number of carbonyl (C=O) groups excluding carboxylic acids is 2. The second-order valence-electron chi connectivity index (χ2n) is 7.53. The number of hydrogen-bond acceptors (Lipinski definition) is 7. The number of hydrogen-bond donors (Lipinski definition) is 3. The summed E-state index contributed by atoms with van der Waals surface area (Å²) < 4.78 is 32.6. The van der Waals surface area contributed by atoms with Crippen molar-refractivity contribution >= 4 is 66.9 Å². The third-order valence-electron chi connectivity index (χ3n) is 4.81. The van der Waals surface area contributed by atoms with E-state index < -0.39 is 16.0 Å². The minimum absolute atomic E-state index is 0.0829. The number of benzene rings is 2. The van der Waals surface area contributed by atoms with E-state index in [-0.39, 0.29) is 21.5 Å². The number of esters is 1. The lowest BCUT2D eigenvalue weighted by Gasteiger charge is -2.12. The highest BCUT2D eigenvalue weighted by Gasteiger charge is 2.26. The molecule has 35 heavy (non-hydrogen) atoms. The van der Waals surface area contributed by atoms with E-state index in [9.17, 15) is 18.0 Å². The number of ether oxygens (including phenoxy) is 1. The van der Waals surface area contributed by atoms with E-state index in [1.165, 1.54) is 24.1 Å². The zero-order valence-electron chi connectivity index (χ0n) is 19.4. The van der Waals surface area contributed by atoms with Gasteiger partial charge in [-0.3, -0.25) is 9.52 Å². The topological polar surface area (TPSA) is 117 Å². The molecule has 2 aromatic carbocycles. The van der Waals surface area contributed by atoms with E-state index in [1.807, 2.05) is 0 Å². The predicted molar refractivity (Wildman–Crippen MR) is 142 cm³/mol. The molecule has 0 radical (unpaired) electrons. The van der Waals surface area contributed by atoms with Crippen molar-refractivity contribution in [2.45, 2.75) is 11.8 Å². The summed E-state index contributed by atoms with van der Waals surface area (Å²) in [6.07, 6.45) is 0. The number of amides is 1. The van der Waals surface area contributed by atoms with E-state index >= 15 is 0 Å². The van der Waals surface area contributed by atoms with Crippen molar-refractivity contribution < 1.29 is 22.7 Å². The van der Waals surface area contributed by atoms with Crippen LogP contribution in [0.5, 0.6) is 0 Å². The number of methoxy groups -OCH3 is 1. The average Bonchev–Trinajstić information content (AvgIpc) is 3.13. The highest BCUT2D eigenvalue weighted by Crippen LogP contribution is 2.34. The summed E-state index contributed by atoms with van der Waals surface area (Å²) in [5, 5.41) is 6.41. The van der Waals surface area contributed by atoms with Gasteiger partial charge in [-0.2, -0.15) is 0 Å². The Bertz CT molecular complexity index is 1350. The summed E-state index contributed by atoms with van der Waals surface area (Å²) in [6.45, 7) is 1.67. The van der Waals surface area contributed by atoms with Crippen molar-refractivity contribution in [3.8, 4) is 0 Å². The molecule has 12 heteroatoms. The normalized spacial score (nSPS) is 10.9. The number of para-hydroxylation sites is 1. The van der Waals surface area contributed by atoms with Crippen LogP contribution in [0.1, 0.15) is 25.6 Å².